The lowest BCUT2D eigenvalue weighted by atomic mass is 10.2. The van der Waals surface area contributed by atoms with Crippen molar-refractivity contribution in [3.05, 3.63) is 0 Å². The Morgan fingerprint density at radius 1 is 1.57 bits per heavy atom. The first-order chi connectivity index (χ1) is 6.81. The predicted octanol–water partition coefficient (Wildman–Crippen LogP) is -1.17. The van der Waals surface area contributed by atoms with Crippen LogP contribution in [-0.2, 0) is 14.3 Å². The normalized spacial score (nSPS) is 32.9. The van der Waals surface area contributed by atoms with E-state index in [-0.39, 0.29) is 18.1 Å². The molecule has 5 nitrogen and oxygen atoms in total. The first-order valence-electron chi connectivity index (χ1n) is 4.96. The van der Waals surface area contributed by atoms with Gasteiger partial charge in [-0.25, -0.2) is 0 Å². The van der Waals surface area contributed by atoms with Crippen LogP contribution in [0.2, 0.25) is 0 Å². The highest BCUT2D eigenvalue weighted by molar-refractivity contribution is 5.82. The Bertz CT molecular complexity index is 218. The van der Waals surface area contributed by atoms with Crippen LogP contribution in [-0.4, -0.2) is 62.9 Å². The minimum atomic E-state index is -0.198. The molecule has 2 heterocycles. The molecule has 1 N–H and O–H groups in total. The standard InChI is InChI=1S/C9H16N2O3/c1-10-8-6-13-3-2-11(9(8)12)4-7-5-14-7/h7-8,10H,2-6H2,1H3. The van der Waals surface area contributed by atoms with Gasteiger partial charge in [-0.3, -0.25) is 4.79 Å². The first-order valence-corrected chi connectivity index (χ1v) is 4.96. The Kier molecular flexibility index (Phi) is 3.00. The zero-order valence-corrected chi connectivity index (χ0v) is 8.36. The second-order valence-corrected chi connectivity index (χ2v) is 3.66. The molecule has 0 spiro atoms. The summed E-state index contributed by atoms with van der Waals surface area (Å²) < 4.78 is 10.4. The van der Waals surface area contributed by atoms with Crippen LogP contribution in [0.1, 0.15) is 0 Å². The van der Waals surface area contributed by atoms with Crippen molar-refractivity contribution >= 4 is 5.91 Å². The van der Waals surface area contributed by atoms with Crippen LogP contribution in [0.25, 0.3) is 0 Å². The summed E-state index contributed by atoms with van der Waals surface area (Å²) in [4.78, 5) is 13.7. The molecular formula is C9H16N2O3. The third kappa shape index (κ3) is 2.23. The molecule has 0 aromatic rings. The van der Waals surface area contributed by atoms with Gasteiger partial charge in [0, 0.05) is 13.1 Å². The van der Waals surface area contributed by atoms with Gasteiger partial charge < -0.3 is 19.7 Å². The molecule has 0 aliphatic carbocycles. The molecule has 0 bridgehead atoms. The van der Waals surface area contributed by atoms with Crippen molar-refractivity contribution in [2.75, 3.05) is 40.0 Å². The summed E-state index contributed by atoms with van der Waals surface area (Å²) in [7, 11) is 1.78. The average molecular weight is 200 g/mol. The number of rotatable bonds is 3. The topological polar surface area (TPSA) is 54.1 Å². The Morgan fingerprint density at radius 2 is 2.36 bits per heavy atom. The second kappa shape index (κ2) is 4.25. The molecule has 0 saturated carbocycles. The van der Waals surface area contributed by atoms with Crippen molar-refractivity contribution < 1.29 is 14.3 Å². The number of hydrogen-bond acceptors (Lipinski definition) is 4. The van der Waals surface area contributed by atoms with Gasteiger partial charge in [-0.2, -0.15) is 0 Å². The molecule has 2 atom stereocenters. The van der Waals surface area contributed by atoms with Crippen molar-refractivity contribution in [2.24, 2.45) is 0 Å². The van der Waals surface area contributed by atoms with Gasteiger partial charge in [0.1, 0.15) is 6.04 Å². The summed E-state index contributed by atoms with van der Waals surface area (Å²) >= 11 is 0. The minimum Gasteiger partial charge on any atom is -0.377 e. The minimum absolute atomic E-state index is 0.125. The van der Waals surface area contributed by atoms with E-state index in [9.17, 15) is 4.79 Å². The van der Waals surface area contributed by atoms with Crippen LogP contribution in [0, 0.1) is 0 Å². The summed E-state index contributed by atoms with van der Waals surface area (Å²) in [6.45, 7) is 3.26. The molecule has 2 unspecified atom stereocenters. The predicted molar refractivity (Wildman–Crippen MR) is 50.0 cm³/mol. The highest BCUT2D eigenvalue weighted by Gasteiger charge is 2.32. The number of likely N-dealkylation sites (N-methyl/N-ethyl adjacent to an activating group) is 1. The number of carbonyl (C=O) groups is 1. The van der Waals surface area contributed by atoms with E-state index >= 15 is 0 Å². The summed E-state index contributed by atoms with van der Waals surface area (Å²) in [5, 5.41) is 2.96. The van der Waals surface area contributed by atoms with E-state index in [2.05, 4.69) is 5.32 Å². The van der Waals surface area contributed by atoms with Crippen LogP contribution >= 0.6 is 0 Å². The van der Waals surface area contributed by atoms with Crippen molar-refractivity contribution in [2.45, 2.75) is 12.1 Å². The lowest BCUT2D eigenvalue weighted by Crippen LogP contribution is -2.47. The smallest absolute Gasteiger partial charge is 0.242 e. The van der Waals surface area contributed by atoms with Crippen LogP contribution < -0.4 is 5.32 Å². The third-order valence-electron chi connectivity index (χ3n) is 2.57. The number of ether oxygens (including phenoxy) is 2. The average Bonchev–Trinajstić information content (AvgIpc) is 2.99. The molecular weight excluding hydrogens is 184 g/mol. The van der Waals surface area contributed by atoms with Gasteiger partial charge in [0.05, 0.1) is 25.9 Å². The zero-order chi connectivity index (χ0) is 9.97. The number of carbonyl (C=O) groups excluding carboxylic acids is 1. The third-order valence-corrected chi connectivity index (χ3v) is 2.57. The fourth-order valence-electron chi connectivity index (χ4n) is 1.59. The lowest BCUT2D eigenvalue weighted by Gasteiger charge is -2.22. The van der Waals surface area contributed by atoms with Crippen molar-refractivity contribution in [1.29, 1.82) is 0 Å². The Morgan fingerprint density at radius 3 is 3.00 bits per heavy atom. The van der Waals surface area contributed by atoms with E-state index in [1.54, 1.807) is 7.05 Å². The maximum absolute atomic E-state index is 11.9. The number of nitrogens with one attached hydrogen (secondary N) is 1. The SMILES string of the molecule is CNC1COCCN(CC2CO2)C1=O. The lowest BCUT2D eigenvalue weighted by molar-refractivity contribution is -0.132. The van der Waals surface area contributed by atoms with Gasteiger partial charge >= 0.3 is 0 Å². The summed E-state index contributed by atoms with van der Waals surface area (Å²) in [6.07, 6.45) is 0.259. The molecule has 80 valence electrons. The van der Waals surface area contributed by atoms with Crippen molar-refractivity contribution in [3.8, 4) is 0 Å². The van der Waals surface area contributed by atoms with E-state index < -0.39 is 0 Å². The van der Waals surface area contributed by atoms with Crippen LogP contribution in [0.3, 0.4) is 0 Å². The molecule has 0 radical (unpaired) electrons. The molecule has 2 aliphatic rings. The van der Waals surface area contributed by atoms with Gasteiger partial charge in [0.25, 0.3) is 0 Å². The van der Waals surface area contributed by atoms with Crippen LogP contribution in [0.4, 0.5) is 0 Å². The van der Waals surface area contributed by atoms with Crippen molar-refractivity contribution in [1.82, 2.24) is 10.2 Å². The Labute approximate surface area is 83.3 Å². The molecule has 5 heteroatoms. The van der Waals surface area contributed by atoms with E-state index in [0.29, 0.717) is 26.3 Å². The maximum Gasteiger partial charge on any atom is 0.242 e. The fourth-order valence-corrected chi connectivity index (χ4v) is 1.59. The number of hydrogen-bond donors (Lipinski definition) is 1. The summed E-state index contributed by atoms with van der Waals surface area (Å²) in [6, 6.07) is -0.198. The van der Waals surface area contributed by atoms with Gasteiger partial charge in [-0.1, -0.05) is 0 Å². The number of nitrogens with zero attached hydrogens (tertiary/aromatic N) is 1. The molecule has 0 aromatic heterocycles. The van der Waals surface area contributed by atoms with Gasteiger partial charge in [-0.05, 0) is 7.05 Å². The molecule has 1 amide bonds. The zero-order valence-electron chi connectivity index (χ0n) is 8.36. The largest absolute Gasteiger partial charge is 0.377 e. The van der Waals surface area contributed by atoms with E-state index in [1.807, 2.05) is 4.90 Å². The van der Waals surface area contributed by atoms with Crippen LogP contribution in [0.5, 0.6) is 0 Å². The summed E-state index contributed by atoms with van der Waals surface area (Å²) in [5.74, 6) is 0.125. The van der Waals surface area contributed by atoms with E-state index in [4.69, 9.17) is 9.47 Å². The maximum atomic E-state index is 11.9. The number of epoxide rings is 1. The highest BCUT2D eigenvalue weighted by Crippen LogP contribution is 2.12. The fraction of sp³-hybridized carbons (Fsp3) is 0.889. The molecule has 2 saturated heterocycles. The monoisotopic (exact) mass is 200 g/mol. The van der Waals surface area contributed by atoms with E-state index in [1.165, 1.54) is 0 Å². The molecule has 0 aromatic carbocycles. The number of amides is 1. The quantitative estimate of drug-likeness (QED) is 0.583. The molecule has 2 fully saturated rings. The molecule has 2 aliphatic heterocycles. The second-order valence-electron chi connectivity index (χ2n) is 3.66. The van der Waals surface area contributed by atoms with Gasteiger partial charge in [-0.15, -0.1) is 0 Å². The first kappa shape index (κ1) is 9.89. The van der Waals surface area contributed by atoms with Crippen LogP contribution in [0.15, 0.2) is 0 Å². The molecule has 2 rings (SSSR count). The summed E-state index contributed by atoms with van der Waals surface area (Å²) in [5.41, 5.74) is 0. The van der Waals surface area contributed by atoms with Gasteiger partial charge in [0.15, 0.2) is 0 Å². The van der Waals surface area contributed by atoms with E-state index in [0.717, 1.165) is 6.61 Å². The van der Waals surface area contributed by atoms with Gasteiger partial charge in [0.2, 0.25) is 5.91 Å². The Balaban J connectivity index is 1.94. The Hall–Kier alpha value is -0.650. The highest BCUT2D eigenvalue weighted by atomic mass is 16.6. The molecule has 14 heavy (non-hydrogen) atoms. The van der Waals surface area contributed by atoms with Crippen molar-refractivity contribution in [3.63, 3.8) is 0 Å².